The molecule has 5 heteroatoms. The molecule has 0 aromatic heterocycles. The minimum absolute atomic E-state index is 0.00787. The molecule has 0 radical (unpaired) electrons. The molecule has 1 aliphatic heterocycles. The standard InChI is InChI=1S/C15H28N2O3/c1-6-15(5)14(19)17(7-8-20-10-11(2)3)12(4)9-13(18)16-15/h11-12H,6-10H2,1-5H3,(H,16,18). The van der Waals surface area contributed by atoms with Crippen molar-refractivity contribution >= 4 is 11.8 Å². The molecular weight excluding hydrogens is 256 g/mol. The van der Waals surface area contributed by atoms with Gasteiger partial charge in [0.15, 0.2) is 0 Å². The van der Waals surface area contributed by atoms with Gasteiger partial charge >= 0.3 is 0 Å². The van der Waals surface area contributed by atoms with Gasteiger partial charge in [0, 0.05) is 25.6 Å². The van der Waals surface area contributed by atoms with Gasteiger partial charge in [-0.05, 0) is 26.2 Å². The first-order valence-corrected chi connectivity index (χ1v) is 7.50. The number of ether oxygens (including phenoxy) is 1. The van der Waals surface area contributed by atoms with Crippen molar-refractivity contribution in [1.29, 1.82) is 0 Å². The Morgan fingerprint density at radius 3 is 2.65 bits per heavy atom. The zero-order chi connectivity index (χ0) is 15.3. The van der Waals surface area contributed by atoms with Crippen LogP contribution in [-0.2, 0) is 14.3 Å². The Hall–Kier alpha value is -1.10. The number of nitrogens with zero attached hydrogens (tertiary/aromatic N) is 1. The molecule has 0 aliphatic carbocycles. The molecule has 0 aromatic carbocycles. The quantitative estimate of drug-likeness (QED) is 0.753. The molecule has 116 valence electrons. The Morgan fingerprint density at radius 1 is 1.45 bits per heavy atom. The van der Waals surface area contributed by atoms with Crippen molar-refractivity contribution in [3.63, 3.8) is 0 Å². The third-order valence-electron chi connectivity index (χ3n) is 3.80. The van der Waals surface area contributed by atoms with Crippen LogP contribution in [0.4, 0.5) is 0 Å². The summed E-state index contributed by atoms with van der Waals surface area (Å²) >= 11 is 0. The van der Waals surface area contributed by atoms with Gasteiger partial charge in [-0.15, -0.1) is 0 Å². The van der Waals surface area contributed by atoms with Crippen LogP contribution in [-0.4, -0.2) is 48.1 Å². The zero-order valence-electron chi connectivity index (χ0n) is 13.4. The summed E-state index contributed by atoms with van der Waals surface area (Å²) in [6.07, 6.45) is 0.944. The fourth-order valence-electron chi connectivity index (χ4n) is 2.35. The lowest BCUT2D eigenvalue weighted by Crippen LogP contribution is -2.55. The van der Waals surface area contributed by atoms with Crippen LogP contribution in [0.2, 0.25) is 0 Å². The van der Waals surface area contributed by atoms with Crippen molar-refractivity contribution in [1.82, 2.24) is 10.2 Å². The maximum Gasteiger partial charge on any atom is 0.248 e. The van der Waals surface area contributed by atoms with E-state index in [1.54, 1.807) is 11.8 Å². The van der Waals surface area contributed by atoms with Crippen molar-refractivity contribution in [2.24, 2.45) is 5.92 Å². The number of carbonyl (C=O) groups excluding carboxylic acids is 2. The van der Waals surface area contributed by atoms with E-state index in [-0.39, 0.29) is 17.9 Å². The van der Waals surface area contributed by atoms with Gasteiger partial charge in [0.2, 0.25) is 11.8 Å². The lowest BCUT2D eigenvalue weighted by molar-refractivity contribution is -0.140. The number of amides is 2. The fraction of sp³-hybridized carbons (Fsp3) is 0.867. The minimum Gasteiger partial charge on any atom is -0.379 e. The Labute approximate surface area is 122 Å². The summed E-state index contributed by atoms with van der Waals surface area (Å²) in [7, 11) is 0. The van der Waals surface area contributed by atoms with E-state index in [2.05, 4.69) is 19.2 Å². The van der Waals surface area contributed by atoms with E-state index < -0.39 is 5.54 Å². The van der Waals surface area contributed by atoms with Crippen molar-refractivity contribution in [2.75, 3.05) is 19.8 Å². The molecule has 1 rings (SSSR count). The number of carbonyl (C=O) groups is 2. The summed E-state index contributed by atoms with van der Waals surface area (Å²) < 4.78 is 5.56. The number of rotatable bonds is 6. The molecule has 2 atom stereocenters. The van der Waals surface area contributed by atoms with Crippen LogP contribution in [0.15, 0.2) is 0 Å². The highest BCUT2D eigenvalue weighted by atomic mass is 16.5. The molecule has 2 unspecified atom stereocenters. The van der Waals surface area contributed by atoms with Gasteiger partial charge in [-0.2, -0.15) is 0 Å². The lowest BCUT2D eigenvalue weighted by Gasteiger charge is -2.33. The largest absolute Gasteiger partial charge is 0.379 e. The molecular formula is C15H28N2O3. The highest BCUT2D eigenvalue weighted by molar-refractivity contribution is 5.93. The van der Waals surface area contributed by atoms with Gasteiger partial charge in [0.25, 0.3) is 0 Å². The van der Waals surface area contributed by atoms with E-state index in [1.807, 2.05) is 13.8 Å². The second-order valence-electron chi connectivity index (χ2n) is 6.25. The predicted molar refractivity (Wildman–Crippen MR) is 78.3 cm³/mol. The first-order valence-electron chi connectivity index (χ1n) is 7.50. The fourth-order valence-corrected chi connectivity index (χ4v) is 2.35. The number of hydrogen-bond acceptors (Lipinski definition) is 3. The van der Waals surface area contributed by atoms with E-state index in [0.29, 0.717) is 38.5 Å². The zero-order valence-corrected chi connectivity index (χ0v) is 13.4. The van der Waals surface area contributed by atoms with Crippen LogP contribution in [0, 0.1) is 5.92 Å². The topological polar surface area (TPSA) is 58.6 Å². The predicted octanol–water partition coefficient (Wildman–Crippen LogP) is 1.56. The maximum atomic E-state index is 12.6. The molecule has 0 spiro atoms. The molecule has 20 heavy (non-hydrogen) atoms. The van der Waals surface area contributed by atoms with E-state index in [1.165, 1.54) is 0 Å². The Bertz CT molecular complexity index is 357. The van der Waals surface area contributed by atoms with Crippen molar-refractivity contribution in [2.45, 2.75) is 59.0 Å². The minimum atomic E-state index is -0.792. The summed E-state index contributed by atoms with van der Waals surface area (Å²) in [5, 5.41) is 2.85. The van der Waals surface area contributed by atoms with Gasteiger partial charge in [0.1, 0.15) is 5.54 Å². The van der Waals surface area contributed by atoms with Gasteiger partial charge in [0.05, 0.1) is 6.61 Å². The van der Waals surface area contributed by atoms with Gasteiger partial charge in [-0.3, -0.25) is 9.59 Å². The van der Waals surface area contributed by atoms with Gasteiger partial charge < -0.3 is 15.0 Å². The molecule has 0 saturated carbocycles. The highest BCUT2D eigenvalue weighted by Crippen LogP contribution is 2.21. The summed E-state index contributed by atoms with van der Waals surface area (Å²) in [4.78, 5) is 26.3. The molecule has 1 fully saturated rings. The molecule has 1 saturated heterocycles. The Morgan fingerprint density at radius 2 is 2.10 bits per heavy atom. The molecule has 5 nitrogen and oxygen atoms in total. The van der Waals surface area contributed by atoms with Crippen molar-refractivity contribution in [3.05, 3.63) is 0 Å². The molecule has 0 aromatic rings. The van der Waals surface area contributed by atoms with Gasteiger partial charge in [-0.25, -0.2) is 0 Å². The second-order valence-corrected chi connectivity index (χ2v) is 6.25. The van der Waals surface area contributed by atoms with Gasteiger partial charge in [-0.1, -0.05) is 20.8 Å². The van der Waals surface area contributed by atoms with Crippen LogP contribution in [0.25, 0.3) is 0 Å². The summed E-state index contributed by atoms with van der Waals surface area (Å²) in [5.74, 6) is 0.420. The van der Waals surface area contributed by atoms with E-state index in [4.69, 9.17) is 4.74 Å². The molecule has 1 N–H and O–H groups in total. The van der Waals surface area contributed by atoms with Crippen LogP contribution in [0.5, 0.6) is 0 Å². The number of hydrogen-bond donors (Lipinski definition) is 1. The smallest absolute Gasteiger partial charge is 0.248 e. The Kier molecular flexibility index (Phi) is 5.99. The highest BCUT2D eigenvalue weighted by Gasteiger charge is 2.41. The molecule has 1 aliphatic rings. The number of nitrogens with one attached hydrogen (secondary N) is 1. The second kappa shape index (κ2) is 7.07. The van der Waals surface area contributed by atoms with Crippen LogP contribution < -0.4 is 5.32 Å². The summed E-state index contributed by atoms with van der Waals surface area (Å²) in [6, 6.07) is -0.0847. The SMILES string of the molecule is CCC1(C)NC(=O)CC(C)N(CCOCC(C)C)C1=O. The average Bonchev–Trinajstić information content (AvgIpc) is 2.43. The molecule has 0 bridgehead atoms. The molecule has 1 heterocycles. The van der Waals surface area contributed by atoms with Crippen molar-refractivity contribution in [3.8, 4) is 0 Å². The van der Waals surface area contributed by atoms with Crippen LogP contribution in [0.3, 0.4) is 0 Å². The summed E-state index contributed by atoms with van der Waals surface area (Å²) in [6.45, 7) is 11.6. The average molecular weight is 284 g/mol. The first kappa shape index (κ1) is 17.0. The van der Waals surface area contributed by atoms with E-state index >= 15 is 0 Å². The van der Waals surface area contributed by atoms with Crippen LogP contribution >= 0.6 is 0 Å². The maximum absolute atomic E-state index is 12.6. The van der Waals surface area contributed by atoms with E-state index in [0.717, 1.165) is 0 Å². The normalized spacial score (nSPS) is 27.7. The Balaban J connectivity index is 2.70. The van der Waals surface area contributed by atoms with Crippen molar-refractivity contribution < 1.29 is 14.3 Å². The summed E-state index contributed by atoms with van der Waals surface area (Å²) in [5.41, 5.74) is -0.792. The van der Waals surface area contributed by atoms with Crippen LogP contribution in [0.1, 0.15) is 47.5 Å². The lowest BCUT2D eigenvalue weighted by atomic mass is 9.97. The monoisotopic (exact) mass is 284 g/mol. The first-order chi connectivity index (χ1) is 9.30. The third kappa shape index (κ3) is 4.20. The molecule has 2 amide bonds. The third-order valence-corrected chi connectivity index (χ3v) is 3.80. The van der Waals surface area contributed by atoms with E-state index in [9.17, 15) is 9.59 Å².